The number of rotatable bonds is 12. The maximum Gasteiger partial charge on any atom is 0.0718 e. The molecule has 0 saturated carbocycles. The molecule has 0 N–H and O–H groups in total. The van der Waals surface area contributed by atoms with Crippen molar-refractivity contribution < 1.29 is 9.47 Å². The van der Waals surface area contributed by atoms with Crippen LogP contribution in [0.2, 0.25) is 0 Å². The molecule has 22 heavy (non-hydrogen) atoms. The van der Waals surface area contributed by atoms with Crippen LogP contribution in [0.15, 0.2) is 85.1 Å². The van der Waals surface area contributed by atoms with Gasteiger partial charge in [0.1, 0.15) is 0 Å². The van der Waals surface area contributed by atoms with Gasteiger partial charge >= 0.3 is 0 Å². The van der Waals surface area contributed by atoms with Crippen molar-refractivity contribution in [2.45, 2.75) is 13.8 Å². The van der Waals surface area contributed by atoms with Crippen LogP contribution in [0.5, 0.6) is 0 Å². The van der Waals surface area contributed by atoms with E-state index in [1.54, 1.807) is 12.2 Å². The molecule has 0 aromatic rings. The van der Waals surface area contributed by atoms with Gasteiger partial charge in [-0.15, -0.1) is 0 Å². The summed E-state index contributed by atoms with van der Waals surface area (Å²) in [5.74, 6) is 0. The third kappa shape index (κ3) is 11.9. The lowest BCUT2D eigenvalue weighted by molar-refractivity contribution is 0.0673. The maximum absolute atomic E-state index is 5.62. The van der Waals surface area contributed by atoms with E-state index in [1.165, 1.54) is 0 Å². The van der Waals surface area contributed by atoms with Crippen LogP contribution in [-0.2, 0) is 9.47 Å². The van der Waals surface area contributed by atoms with E-state index in [4.69, 9.17) is 9.47 Å². The van der Waals surface area contributed by atoms with E-state index in [-0.39, 0.29) is 0 Å². The van der Waals surface area contributed by atoms with E-state index < -0.39 is 0 Å². The largest absolute Gasteiger partial charge is 0.374 e. The molecule has 2 heteroatoms. The zero-order valence-corrected chi connectivity index (χ0v) is 13.8. The quantitative estimate of drug-likeness (QED) is 0.375. The van der Waals surface area contributed by atoms with E-state index in [0.717, 1.165) is 11.1 Å². The second-order valence-electron chi connectivity index (χ2n) is 4.44. The second kappa shape index (κ2) is 15.5. The van der Waals surface area contributed by atoms with Crippen LogP contribution < -0.4 is 0 Å². The van der Waals surface area contributed by atoms with Gasteiger partial charge in [-0.1, -0.05) is 73.9 Å². The molecule has 0 saturated heterocycles. The Bertz CT molecular complexity index is 442. The van der Waals surface area contributed by atoms with Crippen LogP contribution in [0, 0.1) is 0 Å². The van der Waals surface area contributed by atoms with Gasteiger partial charge in [0.05, 0.1) is 26.4 Å². The standard InChI is InChI=1S/C20H28O2/c1-5-9-13-19(11-7-3)17-21-15-16-22-18-20(12-8-4)14-10-6-2/h5-14H,1,3,15-18H2,2,4H3/b10-6-,12-8-,13-9-,19-11+,20-14+. The van der Waals surface area contributed by atoms with Gasteiger partial charge in [0, 0.05) is 0 Å². The number of allylic oxidation sites excluding steroid dienone is 8. The summed E-state index contributed by atoms with van der Waals surface area (Å²) < 4.78 is 11.2. The highest BCUT2D eigenvalue weighted by Crippen LogP contribution is 2.01. The topological polar surface area (TPSA) is 18.5 Å². The summed E-state index contributed by atoms with van der Waals surface area (Å²) in [7, 11) is 0. The highest BCUT2D eigenvalue weighted by atomic mass is 16.5. The zero-order valence-electron chi connectivity index (χ0n) is 13.8. The number of ether oxygens (including phenoxy) is 2. The molecule has 0 bridgehead atoms. The Balaban J connectivity index is 4.01. The monoisotopic (exact) mass is 300 g/mol. The van der Waals surface area contributed by atoms with E-state index in [2.05, 4.69) is 13.2 Å². The zero-order chi connectivity index (χ0) is 16.5. The smallest absolute Gasteiger partial charge is 0.0718 e. The van der Waals surface area contributed by atoms with E-state index in [0.29, 0.717) is 26.4 Å². The Kier molecular flexibility index (Phi) is 14.2. The Labute approximate surface area is 135 Å². The number of hydrogen-bond donors (Lipinski definition) is 0. The summed E-state index contributed by atoms with van der Waals surface area (Å²) in [5.41, 5.74) is 2.19. The van der Waals surface area contributed by atoms with Gasteiger partial charge in [-0.05, 0) is 25.0 Å². The van der Waals surface area contributed by atoms with Crippen molar-refractivity contribution in [2.24, 2.45) is 0 Å². The van der Waals surface area contributed by atoms with Crippen LogP contribution in [-0.4, -0.2) is 26.4 Å². The molecule has 0 rings (SSSR count). The van der Waals surface area contributed by atoms with Gasteiger partial charge in [-0.25, -0.2) is 0 Å². The molecule has 0 radical (unpaired) electrons. The lowest BCUT2D eigenvalue weighted by Gasteiger charge is -2.07. The molecule has 0 aliphatic rings. The van der Waals surface area contributed by atoms with Crippen molar-refractivity contribution in [3.05, 3.63) is 85.1 Å². The molecule has 0 spiro atoms. The summed E-state index contributed by atoms with van der Waals surface area (Å²) in [4.78, 5) is 0. The Morgan fingerprint density at radius 3 is 1.91 bits per heavy atom. The molecule has 0 aliphatic carbocycles. The first-order valence-electron chi connectivity index (χ1n) is 7.49. The first-order valence-corrected chi connectivity index (χ1v) is 7.49. The van der Waals surface area contributed by atoms with E-state index >= 15 is 0 Å². The SMILES string of the molecule is C=C/C=C\C(=C/C=C)COCCOCC(/C=C\C)=C/C=C\C. The molecule has 0 amide bonds. The molecule has 0 aromatic carbocycles. The number of hydrogen-bond acceptors (Lipinski definition) is 2. The normalized spacial score (nSPS) is 13.5. The van der Waals surface area contributed by atoms with Crippen LogP contribution in [0.3, 0.4) is 0 Å². The summed E-state index contributed by atoms with van der Waals surface area (Å²) >= 11 is 0. The molecule has 0 aromatic heterocycles. The van der Waals surface area contributed by atoms with Crippen molar-refractivity contribution in [1.82, 2.24) is 0 Å². The third-order valence-corrected chi connectivity index (χ3v) is 2.57. The summed E-state index contributed by atoms with van der Waals surface area (Å²) in [5, 5.41) is 0. The van der Waals surface area contributed by atoms with Crippen molar-refractivity contribution in [3.8, 4) is 0 Å². The molecular formula is C20H28O2. The van der Waals surface area contributed by atoms with Crippen molar-refractivity contribution >= 4 is 0 Å². The van der Waals surface area contributed by atoms with Crippen LogP contribution in [0.25, 0.3) is 0 Å². The minimum absolute atomic E-state index is 0.538. The molecule has 120 valence electrons. The molecular weight excluding hydrogens is 272 g/mol. The summed E-state index contributed by atoms with van der Waals surface area (Å²) in [6.45, 7) is 13.6. The fraction of sp³-hybridized carbons (Fsp3) is 0.300. The first kappa shape index (κ1) is 20.1. The van der Waals surface area contributed by atoms with Gasteiger partial charge < -0.3 is 9.47 Å². The fourth-order valence-electron chi connectivity index (χ4n) is 1.58. The second-order valence-corrected chi connectivity index (χ2v) is 4.44. The average Bonchev–Trinajstić information content (AvgIpc) is 2.53. The maximum atomic E-state index is 5.62. The minimum atomic E-state index is 0.538. The van der Waals surface area contributed by atoms with Crippen LogP contribution >= 0.6 is 0 Å². The minimum Gasteiger partial charge on any atom is -0.374 e. The molecule has 0 atom stereocenters. The molecule has 0 unspecified atom stereocenters. The van der Waals surface area contributed by atoms with E-state index in [1.807, 2.05) is 62.5 Å². The average molecular weight is 300 g/mol. The highest BCUT2D eigenvalue weighted by molar-refractivity contribution is 5.25. The van der Waals surface area contributed by atoms with Crippen LogP contribution in [0.4, 0.5) is 0 Å². The predicted molar refractivity (Wildman–Crippen MR) is 97.0 cm³/mol. The highest BCUT2D eigenvalue weighted by Gasteiger charge is 1.95. The molecule has 0 heterocycles. The summed E-state index contributed by atoms with van der Waals surface area (Å²) in [6.07, 6.45) is 19.3. The summed E-state index contributed by atoms with van der Waals surface area (Å²) in [6, 6.07) is 0. The first-order chi connectivity index (χ1) is 10.8. The van der Waals surface area contributed by atoms with Gasteiger partial charge in [0.2, 0.25) is 0 Å². The van der Waals surface area contributed by atoms with Gasteiger partial charge in [-0.3, -0.25) is 0 Å². The van der Waals surface area contributed by atoms with Gasteiger partial charge in [-0.2, -0.15) is 0 Å². The Morgan fingerprint density at radius 1 is 0.773 bits per heavy atom. The lowest BCUT2D eigenvalue weighted by atomic mass is 10.2. The predicted octanol–water partition coefficient (Wildman–Crippen LogP) is 4.95. The van der Waals surface area contributed by atoms with Gasteiger partial charge in [0.25, 0.3) is 0 Å². The van der Waals surface area contributed by atoms with Crippen molar-refractivity contribution in [1.29, 1.82) is 0 Å². The van der Waals surface area contributed by atoms with Crippen molar-refractivity contribution in [3.63, 3.8) is 0 Å². The van der Waals surface area contributed by atoms with Crippen molar-refractivity contribution in [2.75, 3.05) is 26.4 Å². The van der Waals surface area contributed by atoms with Gasteiger partial charge in [0.15, 0.2) is 0 Å². The molecule has 0 aliphatic heterocycles. The van der Waals surface area contributed by atoms with Crippen LogP contribution in [0.1, 0.15) is 13.8 Å². The third-order valence-electron chi connectivity index (χ3n) is 2.57. The Morgan fingerprint density at radius 2 is 1.41 bits per heavy atom. The molecule has 2 nitrogen and oxygen atoms in total. The fourth-order valence-corrected chi connectivity index (χ4v) is 1.58. The lowest BCUT2D eigenvalue weighted by Crippen LogP contribution is -2.07. The Hall–Kier alpha value is -1.90. The molecule has 0 fully saturated rings. The van der Waals surface area contributed by atoms with E-state index in [9.17, 15) is 0 Å².